The van der Waals surface area contributed by atoms with Crippen LogP contribution < -0.4 is 0 Å². The van der Waals surface area contributed by atoms with Crippen LogP contribution >= 0.6 is 23.7 Å². The van der Waals surface area contributed by atoms with Gasteiger partial charge in [0.1, 0.15) is 0 Å². The van der Waals surface area contributed by atoms with E-state index in [0.717, 1.165) is 18.4 Å². The van der Waals surface area contributed by atoms with Crippen molar-refractivity contribution in [2.75, 3.05) is 13.1 Å². The molecule has 2 aliphatic rings. The lowest BCUT2D eigenvalue weighted by Crippen LogP contribution is -2.40. The van der Waals surface area contributed by atoms with Gasteiger partial charge < -0.3 is 0 Å². The number of hydrogen-bond donors (Lipinski definition) is 0. The highest BCUT2D eigenvalue weighted by atomic mass is 35.5. The Morgan fingerprint density at radius 2 is 2.00 bits per heavy atom. The van der Waals surface area contributed by atoms with Gasteiger partial charge in [0.25, 0.3) is 0 Å². The van der Waals surface area contributed by atoms with Gasteiger partial charge in [-0.15, -0.1) is 23.7 Å². The molecule has 1 fully saturated rings. The van der Waals surface area contributed by atoms with Crippen LogP contribution in [0.5, 0.6) is 0 Å². The van der Waals surface area contributed by atoms with E-state index in [9.17, 15) is 0 Å². The molecular weight excluding hydrogens is 298 g/mol. The van der Waals surface area contributed by atoms with Crippen LogP contribution in [0, 0.1) is 5.92 Å². The summed E-state index contributed by atoms with van der Waals surface area (Å²) < 4.78 is 0. The molecule has 1 aromatic carbocycles. The highest BCUT2D eigenvalue weighted by Gasteiger charge is 2.34. The summed E-state index contributed by atoms with van der Waals surface area (Å²) in [5, 5.41) is 2.19. The lowest BCUT2D eigenvalue weighted by Gasteiger charge is -2.42. The van der Waals surface area contributed by atoms with Crippen molar-refractivity contribution in [2.24, 2.45) is 5.92 Å². The number of rotatable bonds is 2. The summed E-state index contributed by atoms with van der Waals surface area (Å²) in [6.45, 7) is 3.70. The number of halogens is 1. The number of nitrogens with zero attached hydrogens (tertiary/aromatic N) is 1. The maximum Gasteiger partial charge on any atom is 0.0328 e. The quantitative estimate of drug-likeness (QED) is 0.774. The van der Waals surface area contributed by atoms with Crippen LogP contribution in [0.2, 0.25) is 0 Å². The van der Waals surface area contributed by atoms with Crippen molar-refractivity contribution in [2.45, 2.75) is 31.7 Å². The Morgan fingerprint density at radius 1 is 1.10 bits per heavy atom. The summed E-state index contributed by atoms with van der Waals surface area (Å²) in [7, 11) is 0. The van der Waals surface area contributed by atoms with Crippen LogP contribution in [0.3, 0.4) is 0 Å². The van der Waals surface area contributed by atoms with E-state index < -0.39 is 0 Å². The first-order valence-electron chi connectivity index (χ1n) is 7.73. The van der Waals surface area contributed by atoms with Gasteiger partial charge in [-0.25, -0.2) is 0 Å². The molecule has 1 nitrogen and oxygen atoms in total. The van der Waals surface area contributed by atoms with Gasteiger partial charge in [-0.2, -0.15) is 0 Å². The Kier molecular flexibility index (Phi) is 4.68. The predicted octanol–water partition coefficient (Wildman–Crippen LogP) is 4.72. The first-order valence-corrected chi connectivity index (χ1v) is 8.60. The molecule has 0 radical (unpaired) electrons. The molecule has 2 aromatic rings. The molecule has 0 N–H and O–H groups in total. The number of fused-ring (bicyclic) bond motifs is 3. The van der Waals surface area contributed by atoms with Gasteiger partial charge in [-0.1, -0.05) is 30.3 Å². The average molecular weight is 320 g/mol. The minimum atomic E-state index is 0. The molecule has 2 heterocycles. The third kappa shape index (κ3) is 3.03. The highest BCUT2D eigenvalue weighted by Crippen LogP contribution is 2.41. The maximum absolute atomic E-state index is 2.67. The van der Waals surface area contributed by atoms with Crippen molar-refractivity contribution in [1.29, 1.82) is 0 Å². The van der Waals surface area contributed by atoms with E-state index in [4.69, 9.17) is 0 Å². The average Bonchev–Trinajstić information content (AvgIpc) is 3.00. The molecule has 0 unspecified atom stereocenters. The third-order valence-corrected chi connectivity index (χ3v) is 5.88. The minimum Gasteiger partial charge on any atom is -0.298 e. The number of hydrogen-bond acceptors (Lipinski definition) is 2. The van der Waals surface area contributed by atoms with E-state index in [0.29, 0.717) is 0 Å². The number of benzene rings is 1. The van der Waals surface area contributed by atoms with Crippen LogP contribution in [-0.2, 0) is 13.0 Å². The molecule has 3 heteroatoms. The summed E-state index contributed by atoms with van der Waals surface area (Å²) in [6, 6.07) is 13.6. The normalized spacial score (nSPS) is 24.8. The lowest BCUT2D eigenvalue weighted by molar-refractivity contribution is 0.136. The summed E-state index contributed by atoms with van der Waals surface area (Å²) in [5.74, 6) is 1.69. The van der Waals surface area contributed by atoms with Crippen LogP contribution in [0.25, 0.3) is 0 Å². The zero-order valence-corrected chi connectivity index (χ0v) is 13.8. The number of thiophene rings is 1. The molecule has 0 spiro atoms. The smallest absolute Gasteiger partial charge is 0.0328 e. The second-order valence-electron chi connectivity index (χ2n) is 6.21. The van der Waals surface area contributed by atoms with Gasteiger partial charge in [-0.3, -0.25) is 4.90 Å². The molecule has 1 saturated heterocycles. The highest BCUT2D eigenvalue weighted by molar-refractivity contribution is 7.09. The van der Waals surface area contributed by atoms with E-state index in [2.05, 4.69) is 46.7 Å². The predicted molar refractivity (Wildman–Crippen MR) is 92.5 cm³/mol. The Balaban J connectivity index is 0.00000132. The zero-order chi connectivity index (χ0) is 13.4. The van der Waals surface area contributed by atoms with Crippen molar-refractivity contribution in [3.8, 4) is 0 Å². The fraction of sp³-hybridized carbons (Fsp3) is 0.444. The molecule has 2 atom stereocenters. The Bertz CT molecular complexity index is 581. The first kappa shape index (κ1) is 15.1. The molecule has 0 amide bonds. The van der Waals surface area contributed by atoms with Gasteiger partial charge >= 0.3 is 0 Å². The van der Waals surface area contributed by atoms with Crippen LogP contribution in [-0.4, -0.2) is 18.0 Å². The fourth-order valence-corrected chi connectivity index (χ4v) is 4.79. The molecule has 1 aliphatic heterocycles. The van der Waals surface area contributed by atoms with Crippen LogP contribution in [0.1, 0.15) is 34.8 Å². The standard InChI is InChI=1S/C18H21NS.ClH/c1-2-6-17-14(4-1)7-8-15-12-19(10-9-18(15)17)13-16-5-3-11-20-16;/h1-6,11,15,18H,7-10,12-13H2;1H/t15-,18+;/m0./s1. The van der Waals surface area contributed by atoms with E-state index in [1.807, 2.05) is 11.3 Å². The minimum absolute atomic E-state index is 0. The number of likely N-dealkylation sites (tertiary alicyclic amines) is 1. The van der Waals surface area contributed by atoms with Crippen LogP contribution in [0.4, 0.5) is 0 Å². The Labute approximate surface area is 137 Å². The zero-order valence-electron chi connectivity index (χ0n) is 12.2. The molecule has 4 rings (SSSR count). The van der Waals surface area contributed by atoms with Gasteiger partial charge in [-0.05, 0) is 60.2 Å². The summed E-state index contributed by atoms with van der Waals surface area (Å²) in [6.07, 6.45) is 4.00. The molecular formula is C18H22ClNS. The molecule has 1 aromatic heterocycles. The van der Waals surface area contributed by atoms with Gasteiger partial charge in [0.2, 0.25) is 0 Å². The van der Waals surface area contributed by atoms with Gasteiger partial charge in [0, 0.05) is 18.0 Å². The molecule has 112 valence electrons. The summed E-state index contributed by atoms with van der Waals surface area (Å²) in [5.41, 5.74) is 3.26. The maximum atomic E-state index is 2.67. The van der Waals surface area contributed by atoms with E-state index in [-0.39, 0.29) is 12.4 Å². The molecule has 1 aliphatic carbocycles. The molecule has 0 bridgehead atoms. The van der Waals surface area contributed by atoms with Crippen LogP contribution in [0.15, 0.2) is 41.8 Å². The topological polar surface area (TPSA) is 3.24 Å². The van der Waals surface area contributed by atoms with Gasteiger partial charge in [0.15, 0.2) is 0 Å². The summed E-state index contributed by atoms with van der Waals surface area (Å²) >= 11 is 1.89. The molecule has 0 saturated carbocycles. The second kappa shape index (κ2) is 6.51. The SMILES string of the molecule is Cl.c1csc(CN2CC[C@H]3c4ccccc4CC[C@H]3C2)c1. The largest absolute Gasteiger partial charge is 0.298 e. The Hall–Kier alpha value is -0.830. The van der Waals surface area contributed by atoms with E-state index in [1.165, 1.54) is 37.2 Å². The van der Waals surface area contributed by atoms with Crippen molar-refractivity contribution in [1.82, 2.24) is 4.90 Å². The fourth-order valence-electron chi connectivity index (χ4n) is 4.04. The third-order valence-electron chi connectivity index (χ3n) is 5.02. The Morgan fingerprint density at radius 3 is 2.86 bits per heavy atom. The monoisotopic (exact) mass is 319 g/mol. The lowest BCUT2D eigenvalue weighted by atomic mass is 9.71. The first-order chi connectivity index (χ1) is 9.90. The van der Waals surface area contributed by atoms with Crippen molar-refractivity contribution in [3.05, 3.63) is 57.8 Å². The molecule has 21 heavy (non-hydrogen) atoms. The van der Waals surface area contributed by atoms with Gasteiger partial charge in [0.05, 0.1) is 0 Å². The van der Waals surface area contributed by atoms with Crippen molar-refractivity contribution in [3.63, 3.8) is 0 Å². The van der Waals surface area contributed by atoms with Crippen molar-refractivity contribution < 1.29 is 0 Å². The van der Waals surface area contributed by atoms with Crippen molar-refractivity contribution >= 4 is 23.7 Å². The number of piperidine rings is 1. The summed E-state index contributed by atoms with van der Waals surface area (Å²) in [4.78, 5) is 4.18. The van der Waals surface area contributed by atoms with E-state index >= 15 is 0 Å². The number of aryl methyl sites for hydroxylation is 1. The van der Waals surface area contributed by atoms with E-state index in [1.54, 1.807) is 11.1 Å². The second-order valence-corrected chi connectivity index (χ2v) is 7.24.